The summed E-state index contributed by atoms with van der Waals surface area (Å²) < 4.78 is 0. The first-order chi connectivity index (χ1) is 10.0. The minimum absolute atomic E-state index is 0.190. The SMILES string of the molecule is Cc1ccc(C)c(-c2ccc(-c3nnc(N)s3)c(=O)[nH]2)c1. The normalized spacial score (nSPS) is 10.8. The zero-order chi connectivity index (χ0) is 15.0. The molecule has 0 saturated carbocycles. The molecular formula is C15H14N4OS. The van der Waals surface area contributed by atoms with E-state index in [9.17, 15) is 4.79 Å². The van der Waals surface area contributed by atoms with E-state index in [1.165, 1.54) is 11.3 Å². The highest BCUT2D eigenvalue weighted by atomic mass is 32.1. The van der Waals surface area contributed by atoms with E-state index in [1.807, 2.05) is 26.0 Å². The van der Waals surface area contributed by atoms with Gasteiger partial charge >= 0.3 is 0 Å². The molecule has 0 aliphatic carbocycles. The van der Waals surface area contributed by atoms with Crippen LogP contribution in [0.4, 0.5) is 5.13 Å². The van der Waals surface area contributed by atoms with Gasteiger partial charge in [0, 0.05) is 11.3 Å². The van der Waals surface area contributed by atoms with Gasteiger partial charge in [0.25, 0.3) is 5.56 Å². The van der Waals surface area contributed by atoms with Crippen LogP contribution in [0.2, 0.25) is 0 Å². The van der Waals surface area contributed by atoms with Crippen molar-refractivity contribution >= 4 is 16.5 Å². The Labute approximate surface area is 125 Å². The van der Waals surface area contributed by atoms with Crippen molar-refractivity contribution in [2.45, 2.75) is 13.8 Å². The molecule has 0 atom stereocenters. The summed E-state index contributed by atoms with van der Waals surface area (Å²) in [5.41, 5.74) is 9.93. The van der Waals surface area contributed by atoms with Gasteiger partial charge in [-0.2, -0.15) is 0 Å². The molecule has 6 heteroatoms. The quantitative estimate of drug-likeness (QED) is 0.762. The van der Waals surface area contributed by atoms with Gasteiger partial charge < -0.3 is 10.7 Å². The highest BCUT2D eigenvalue weighted by Crippen LogP contribution is 2.25. The van der Waals surface area contributed by atoms with Crippen molar-refractivity contribution in [3.05, 3.63) is 51.8 Å². The second-order valence-corrected chi connectivity index (χ2v) is 5.89. The number of aromatic nitrogens is 3. The molecule has 106 valence electrons. The van der Waals surface area contributed by atoms with Crippen molar-refractivity contribution in [3.63, 3.8) is 0 Å². The predicted molar refractivity (Wildman–Crippen MR) is 85.3 cm³/mol. The maximum absolute atomic E-state index is 12.3. The van der Waals surface area contributed by atoms with E-state index in [4.69, 9.17) is 5.73 Å². The topological polar surface area (TPSA) is 84.7 Å². The van der Waals surface area contributed by atoms with E-state index < -0.39 is 0 Å². The van der Waals surface area contributed by atoms with Crippen LogP contribution in [-0.4, -0.2) is 15.2 Å². The monoisotopic (exact) mass is 298 g/mol. The van der Waals surface area contributed by atoms with Gasteiger partial charge in [-0.25, -0.2) is 0 Å². The number of H-pyrrole nitrogens is 1. The smallest absolute Gasteiger partial charge is 0.258 e. The average Bonchev–Trinajstić information content (AvgIpc) is 2.88. The van der Waals surface area contributed by atoms with Crippen LogP contribution in [0.5, 0.6) is 0 Å². The molecule has 0 bridgehead atoms. The molecule has 0 unspecified atom stereocenters. The molecule has 0 radical (unpaired) electrons. The number of benzene rings is 1. The summed E-state index contributed by atoms with van der Waals surface area (Å²) in [6.45, 7) is 4.05. The fraction of sp³-hybridized carbons (Fsp3) is 0.133. The van der Waals surface area contributed by atoms with Gasteiger partial charge in [-0.3, -0.25) is 4.79 Å². The van der Waals surface area contributed by atoms with E-state index in [-0.39, 0.29) is 5.56 Å². The molecule has 3 N–H and O–H groups in total. The largest absolute Gasteiger partial charge is 0.374 e. The second kappa shape index (κ2) is 5.14. The number of nitrogens with one attached hydrogen (secondary N) is 1. The number of hydrogen-bond acceptors (Lipinski definition) is 5. The Morgan fingerprint density at radius 3 is 2.57 bits per heavy atom. The molecule has 0 spiro atoms. The van der Waals surface area contributed by atoms with Gasteiger partial charge in [0.15, 0.2) is 5.01 Å². The standard InChI is InChI=1S/C15H14N4OS/c1-8-3-4-9(2)11(7-8)12-6-5-10(13(20)17-12)14-18-19-15(16)21-14/h3-7H,1-2H3,(H2,16,19)(H,17,20). The van der Waals surface area contributed by atoms with Gasteiger partial charge in [-0.1, -0.05) is 29.0 Å². The summed E-state index contributed by atoms with van der Waals surface area (Å²) in [6, 6.07) is 9.80. The third-order valence-electron chi connectivity index (χ3n) is 3.26. The molecule has 21 heavy (non-hydrogen) atoms. The molecule has 2 aromatic heterocycles. The van der Waals surface area contributed by atoms with Crippen LogP contribution >= 0.6 is 11.3 Å². The molecule has 0 fully saturated rings. The van der Waals surface area contributed by atoms with Crippen molar-refractivity contribution in [3.8, 4) is 21.8 Å². The number of aryl methyl sites for hydroxylation is 2. The lowest BCUT2D eigenvalue weighted by molar-refractivity contribution is 1.10. The molecule has 2 heterocycles. The van der Waals surface area contributed by atoms with Crippen LogP contribution in [0.1, 0.15) is 11.1 Å². The molecule has 5 nitrogen and oxygen atoms in total. The first-order valence-corrected chi connectivity index (χ1v) is 7.26. The third kappa shape index (κ3) is 2.57. The summed E-state index contributed by atoms with van der Waals surface area (Å²) in [7, 11) is 0. The lowest BCUT2D eigenvalue weighted by atomic mass is 10.0. The number of pyridine rings is 1. The van der Waals surface area contributed by atoms with E-state index in [1.54, 1.807) is 6.07 Å². The number of nitrogens with zero attached hydrogens (tertiary/aromatic N) is 2. The van der Waals surface area contributed by atoms with Crippen molar-refractivity contribution in [1.29, 1.82) is 0 Å². The highest BCUT2D eigenvalue weighted by molar-refractivity contribution is 7.18. The first kappa shape index (κ1) is 13.5. The maximum Gasteiger partial charge on any atom is 0.258 e. The highest BCUT2D eigenvalue weighted by Gasteiger charge is 2.11. The van der Waals surface area contributed by atoms with Crippen LogP contribution in [0, 0.1) is 13.8 Å². The zero-order valence-corrected chi connectivity index (χ0v) is 12.5. The summed E-state index contributed by atoms with van der Waals surface area (Å²) in [5.74, 6) is 0. The Balaban J connectivity index is 2.10. The van der Waals surface area contributed by atoms with Crippen LogP contribution in [0.3, 0.4) is 0 Å². The number of nitrogen functional groups attached to an aromatic ring is 1. The molecule has 3 rings (SSSR count). The van der Waals surface area contributed by atoms with Gasteiger partial charge in [-0.05, 0) is 37.6 Å². The molecule has 0 aliphatic heterocycles. The Kier molecular flexibility index (Phi) is 3.31. The van der Waals surface area contributed by atoms with E-state index >= 15 is 0 Å². The number of anilines is 1. The zero-order valence-electron chi connectivity index (χ0n) is 11.7. The molecule has 0 saturated heterocycles. The van der Waals surface area contributed by atoms with Crippen molar-refractivity contribution in [2.24, 2.45) is 0 Å². The molecule has 3 aromatic rings. The van der Waals surface area contributed by atoms with Crippen LogP contribution in [0.15, 0.2) is 35.1 Å². The Morgan fingerprint density at radius 2 is 1.90 bits per heavy atom. The second-order valence-electron chi connectivity index (χ2n) is 4.88. The Hall–Kier alpha value is -2.47. The summed E-state index contributed by atoms with van der Waals surface area (Å²) in [5, 5.41) is 8.52. The lowest BCUT2D eigenvalue weighted by Crippen LogP contribution is -2.09. The summed E-state index contributed by atoms with van der Waals surface area (Å²) >= 11 is 1.20. The number of aromatic amines is 1. The molecule has 0 aliphatic rings. The summed E-state index contributed by atoms with van der Waals surface area (Å²) in [4.78, 5) is 15.2. The number of nitrogens with two attached hydrogens (primary N) is 1. The van der Waals surface area contributed by atoms with E-state index in [2.05, 4.69) is 27.3 Å². The Morgan fingerprint density at radius 1 is 1.10 bits per heavy atom. The van der Waals surface area contributed by atoms with Gasteiger partial charge in [0.05, 0.1) is 5.56 Å². The molecule has 1 aromatic carbocycles. The van der Waals surface area contributed by atoms with Gasteiger partial charge in [0.2, 0.25) is 5.13 Å². The fourth-order valence-corrected chi connectivity index (χ4v) is 2.80. The predicted octanol–water partition coefficient (Wildman–Crippen LogP) is 2.76. The van der Waals surface area contributed by atoms with Crippen molar-refractivity contribution in [2.75, 3.05) is 5.73 Å². The average molecular weight is 298 g/mol. The van der Waals surface area contributed by atoms with Gasteiger partial charge in [0.1, 0.15) is 0 Å². The summed E-state index contributed by atoms with van der Waals surface area (Å²) in [6.07, 6.45) is 0. The lowest BCUT2D eigenvalue weighted by Gasteiger charge is -2.07. The van der Waals surface area contributed by atoms with Crippen molar-refractivity contribution < 1.29 is 0 Å². The van der Waals surface area contributed by atoms with Crippen LogP contribution in [-0.2, 0) is 0 Å². The minimum atomic E-state index is -0.190. The van der Waals surface area contributed by atoms with E-state index in [0.29, 0.717) is 15.7 Å². The third-order valence-corrected chi connectivity index (χ3v) is 4.05. The number of rotatable bonds is 2. The van der Waals surface area contributed by atoms with E-state index in [0.717, 1.165) is 22.4 Å². The van der Waals surface area contributed by atoms with Crippen LogP contribution < -0.4 is 11.3 Å². The molecule has 0 amide bonds. The molecular weight excluding hydrogens is 284 g/mol. The first-order valence-electron chi connectivity index (χ1n) is 6.45. The van der Waals surface area contributed by atoms with Gasteiger partial charge in [-0.15, -0.1) is 10.2 Å². The Bertz CT molecular complexity index is 866. The van der Waals surface area contributed by atoms with Crippen LogP contribution in [0.25, 0.3) is 21.8 Å². The number of hydrogen-bond donors (Lipinski definition) is 2. The minimum Gasteiger partial charge on any atom is -0.374 e. The fourth-order valence-electron chi connectivity index (χ4n) is 2.17. The maximum atomic E-state index is 12.3. The van der Waals surface area contributed by atoms with Crippen molar-refractivity contribution in [1.82, 2.24) is 15.2 Å².